The zero-order chi connectivity index (χ0) is 20.3. The summed E-state index contributed by atoms with van der Waals surface area (Å²) >= 11 is 0. The smallest absolute Gasteiger partial charge is 0.223 e. The molecule has 2 amide bonds. The van der Waals surface area contributed by atoms with Crippen LogP contribution in [-0.2, 0) is 20.7 Å². The van der Waals surface area contributed by atoms with Crippen LogP contribution in [0, 0.1) is 5.92 Å². The number of hydrogen-bond donors (Lipinski definition) is 1. The Balaban J connectivity index is 1.23. The predicted molar refractivity (Wildman–Crippen MR) is 115 cm³/mol. The molecule has 2 aliphatic rings. The van der Waals surface area contributed by atoms with Crippen LogP contribution in [0.3, 0.4) is 0 Å². The summed E-state index contributed by atoms with van der Waals surface area (Å²) in [7, 11) is 0. The van der Waals surface area contributed by atoms with Crippen LogP contribution >= 0.6 is 0 Å². The van der Waals surface area contributed by atoms with Crippen LogP contribution in [0.1, 0.15) is 63.4 Å². The topological polar surface area (TPSA) is 58.6 Å². The molecule has 0 unspecified atom stereocenters. The number of ether oxygens (including phenoxy) is 1. The lowest BCUT2D eigenvalue weighted by atomic mass is 9.88. The lowest BCUT2D eigenvalue weighted by molar-refractivity contribution is -0.133. The van der Waals surface area contributed by atoms with Gasteiger partial charge in [-0.05, 0) is 44.1 Å². The van der Waals surface area contributed by atoms with E-state index in [0.29, 0.717) is 19.6 Å². The molecule has 0 atom stereocenters. The molecule has 1 aliphatic carbocycles. The number of nitrogens with one attached hydrogen (secondary N) is 1. The van der Waals surface area contributed by atoms with Gasteiger partial charge in [-0.2, -0.15) is 0 Å². The van der Waals surface area contributed by atoms with Crippen molar-refractivity contribution in [3.63, 3.8) is 0 Å². The first-order chi connectivity index (χ1) is 14.2. The van der Waals surface area contributed by atoms with Crippen LogP contribution in [0.15, 0.2) is 30.3 Å². The fraction of sp³-hybridized carbons (Fsp3) is 0.667. The summed E-state index contributed by atoms with van der Waals surface area (Å²) in [6.07, 6.45) is 9.68. The Morgan fingerprint density at radius 3 is 2.41 bits per heavy atom. The second-order valence-corrected chi connectivity index (χ2v) is 8.45. The highest BCUT2D eigenvalue weighted by Crippen LogP contribution is 2.24. The first-order valence-electron chi connectivity index (χ1n) is 11.4. The minimum absolute atomic E-state index is 0.213. The second-order valence-electron chi connectivity index (χ2n) is 8.45. The number of carbonyl (C=O) groups is 2. The Labute approximate surface area is 175 Å². The van der Waals surface area contributed by atoms with Gasteiger partial charge in [0.15, 0.2) is 0 Å². The van der Waals surface area contributed by atoms with Gasteiger partial charge in [-0.25, -0.2) is 0 Å². The molecule has 2 fully saturated rings. The van der Waals surface area contributed by atoms with Crippen LogP contribution in [0.5, 0.6) is 0 Å². The van der Waals surface area contributed by atoms with E-state index in [1.54, 1.807) is 0 Å². The van der Waals surface area contributed by atoms with Crippen molar-refractivity contribution in [2.75, 3.05) is 26.3 Å². The first kappa shape index (κ1) is 21.8. The van der Waals surface area contributed by atoms with Crippen molar-refractivity contribution in [1.82, 2.24) is 10.2 Å². The number of piperidine rings is 1. The summed E-state index contributed by atoms with van der Waals surface area (Å²) in [6.45, 7) is 2.84. The summed E-state index contributed by atoms with van der Waals surface area (Å²) in [5.74, 6) is 0.668. The molecule has 3 rings (SSSR count). The van der Waals surface area contributed by atoms with Crippen molar-refractivity contribution in [3.8, 4) is 0 Å². The van der Waals surface area contributed by atoms with E-state index in [4.69, 9.17) is 4.74 Å². The number of nitrogens with zero attached hydrogens (tertiary/aromatic N) is 1. The zero-order valence-electron chi connectivity index (χ0n) is 17.6. The van der Waals surface area contributed by atoms with Crippen LogP contribution in [0.2, 0.25) is 0 Å². The number of hydrogen-bond acceptors (Lipinski definition) is 3. The maximum atomic E-state index is 12.4. The van der Waals surface area contributed by atoms with Crippen LogP contribution in [0.25, 0.3) is 0 Å². The van der Waals surface area contributed by atoms with E-state index in [1.165, 1.54) is 24.8 Å². The summed E-state index contributed by atoms with van der Waals surface area (Å²) < 4.78 is 5.68. The molecular weight excluding hydrogens is 364 g/mol. The minimum atomic E-state index is 0.213. The Morgan fingerprint density at radius 2 is 1.69 bits per heavy atom. The SMILES string of the molecule is O=C(NC1CCN(C(=O)CCCOCCc2ccccc2)CC1)C1CCCCC1. The van der Waals surface area contributed by atoms with Gasteiger partial charge in [-0.3, -0.25) is 9.59 Å². The standard InChI is InChI=1S/C24H36N2O3/c27-23(12-7-18-29-19-15-20-8-3-1-4-9-20)26-16-13-22(14-17-26)25-24(28)21-10-5-2-6-11-21/h1,3-4,8-9,21-22H,2,5-7,10-19H2,(H,25,28). The number of rotatable bonds is 9. The third kappa shape index (κ3) is 7.46. The van der Waals surface area contributed by atoms with E-state index in [-0.39, 0.29) is 23.8 Å². The Kier molecular flexibility index (Phi) is 9.00. The maximum Gasteiger partial charge on any atom is 0.223 e. The monoisotopic (exact) mass is 400 g/mol. The van der Waals surface area contributed by atoms with E-state index in [0.717, 1.165) is 51.6 Å². The fourth-order valence-electron chi connectivity index (χ4n) is 4.38. The number of carbonyl (C=O) groups excluding carboxylic acids is 2. The average Bonchev–Trinajstić information content (AvgIpc) is 2.78. The van der Waals surface area contributed by atoms with Gasteiger partial charge in [0.25, 0.3) is 0 Å². The molecule has 5 heteroatoms. The van der Waals surface area contributed by atoms with Gasteiger partial charge in [-0.15, -0.1) is 0 Å². The van der Waals surface area contributed by atoms with Crippen molar-refractivity contribution in [3.05, 3.63) is 35.9 Å². The molecular formula is C24H36N2O3. The van der Waals surface area contributed by atoms with Crippen molar-refractivity contribution in [2.24, 2.45) is 5.92 Å². The van der Waals surface area contributed by atoms with Crippen molar-refractivity contribution in [1.29, 1.82) is 0 Å². The molecule has 1 aromatic carbocycles. The molecule has 1 N–H and O–H groups in total. The van der Waals surface area contributed by atoms with E-state index < -0.39 is 0 Å². The van der Waals surface area contributed by atoms with Crippen molar-refractivity contribution in [2.45, 2.75) is 70.3 Å². The molecule has 1 aliphatic heterocycles. The Bertz CT molecular complexity index is 620. The molecule has 1 saturated carbocycles. The zero-order valence-corrected chi connectivity index (χ0v) is 17.6. The molecule has 1 heterocycles. The number of amides is 2. The molecule has 0 aromatic heterocycles. The van der Waals surface area contributed by atoms with E-state index in [2.05, 4.69) is 17.4 Å². The van der Waals surface area contributed by atoms with Gasteiger partial charge in [-0.1, -0.05) is 49.6 Å². The van der Waals surface area contributed by atoms with Crippen molar-refractivity contribution < 1.29 is 14.3 Å². The molecule has 0 spiro atoms. The van der Waals surface area contributed by atoms with Gasteiger partial charge in [0, 0.05) is 38.1 Å². The summed E-state index contributed by atoms with van der Waals surface area (Å²) in [5, 5.41) is 3.23. The quantitative estimate of drug-likeness (QED) is 0.643. The Hall–Kier alpha value is -1.88. The van der Waals surface area contributed by atoms with Crippen LogP contribution in [-0.4, -0.2) is 49.1 Å². The van der Waals surface area contributed by atoms with Crippen LogP contribution < -0.4 is 5.32 Å². The van der Waals surface area contributed by atoms with Crippen molar-refractivity contribution >= 4 is 11.8 Å². The summed E-state index contributed by atoms with van der Waals surface area (Å²) in [5.41, 5.74) is 1.28. The van der Waals surface area contributed by atoms with Crippen LogP contribution in [0.4, 0.5) is 0 Å². The maximum absolute atomic E-state index is 12.4. The lowest BCUT2D eigenvalue weighted by Crippen LogP contribution is -2.48. The van der Waals surface area contributed by atoms with Gasteiger partial charge in [0.2, 0.25) is 11.8 Å². The predicted octanol–water partition coefficient (Wildman–Crippen LogP) is 3.71. The van der Waals surface area contributed by atoms with E-state index in [1.807, 2.05) is 23.1 Å². The molecule has 1 saturated heterocycles. The largest absolute Gasteiger partial charge is 0.381 e. The minimum Gasteiger partial charge on any atom is -0.381 e. The highest BCUT2D eigenvalue weighted by atomic mass is 16.5. The molecule has 29 heavy (non-hydrogen) atoms. The lowest BCUT2D eigenvalue weighted by Gasteiger charge is -2.33. The molecule has 5 nitrogen and oxygen atoms in total. The second kappa shape index (κ2) is 12.0. The van der Waals surface area contributed by atoms with Gasteiger partial charge in [0.1, 0.15) is 0 Å². The molecule has 0 radical (unpaired) electrons. The normalized spacial score (nSPS) is 18.6. The highest BCUT2D eigenvalue weighted by Gasteiger charge is 2.27. The fourth-order valence-corrected chi connectivity index (χ4v) is 4.38. The molecule has 160 valence electrons. The van der Waals surface area contributed by atoms with Gasteiger partial charge in [0.05, 0.1) is 6.61 Å². The third-order valence-electron chi connectivity index (χ3n) is 6.23. The number of benzene rings is 1. The average molecular weight is 401 g/mol. The first-order valence-corrected chi connectivity index (χ1v) is 11.4. The summed E-state index contributed by atoms with van der Waals surface area (Å²) in [6, 6.07) is 10.5. The van der Waals surface area contributed by atoms with Gasteiger partial charge >= 0.3 is 0 Å². The third-order valence-corrected chi connectivity index (χ3v) is 6.23. The van der Waals surface area contributed by atoms with E-state index >= 15 is 0 Å². The molecule has 0 bridgehead atoms. The Morgan fingerprint density at radius 1 is 0.966 bits per heavy atom. The number of likely N-dealkylation sites (tertiary alicyclic amines) is 1. The van der Waals surface area contributed by atoms with Gasteiger partial charge < -0.3 is 15.0 Å². The molecule has 1 aromatic rings. The summed E-state index contributed by atoms with van der Waals surface area (Å²) in [4.78, 5) is 26.8. The highest BCUT2D eigenvalue weighted by molar-refractivity contribution is 5.79. The van der Waals surface area contributed by atoms with E-state index in [9.17, 15) is 9.59 Å².